The maximum Gasteiger partial charge on any atom is 0.253 e. The minimum absolute atomic E-state index is 0.0467. The lowest BCUT2D eigenvalue weighted by Gasteiger charge is -2.29. The number of halogens is 3. The number of aryl methyl sites for hydroxylation is 1. The highest BCUT2D eigenvalue weighted by atomic mass is 35.5. The van der Waals surface area contributed by atoms with Gasteiger partial charge in [0.1, 0.15) is 6.17 Å². The standard InChI is InChI=1S/C28H35ClF2N4O/c1-8-14-35(7)27(20(6)32-16-18(4)22-12-10-17(3)25(30)26(22)31)34-21-11-13-23(24(29)15-21)28(36)33-19(5)9-2/h8,10-16,19,27,34H,9H2,1-7H3,(H,33,36)/b14-8-,18-16+,32-20+. The van der Waals surface area contributed by atoms with E-state index in [1.807, 2.05) is 51.9 Å². The number of hydrogen-bond acceptors (Lipinski definition) is 4. The van der Waals surface area contributed by atoms with Gasteiger partial charge in [-0.2, -0.15) is 0 Å². The highest BCUT2D eigenvalue weighted by molar-refractivity contribution is 6.34. The van der Waals surface area contributed by atoms with E-state index in [4.69, 9.17) is 11.6 Å². The SMILES string of the molecule is C/C=C\N(C)C(Nc1ccc(C(=O)NC(C)CC)c(Cl)c1)/C(C)=N/C=C(\C)c1ccc(C)c(F)c1F. The Bertz CT molecular complexity index is 1180. The Kier molecular flexibility index (Phi) is 10.7. The maximum atomic E-state index is 14.4. The van der Waals surface area contributed by atoms with Crippen LogP contribution in [0.1, 0.15) is 62.5 Å². The number of carbonyl (C=O) groups excluding carboxylic acids is 1. The van der Waals surface area contributed by atoms with E-state index in [2.05, 4.69) is 15.6 Å². The van der Waals surface area contributed by atoms with E-state index >= 15 is 0 Å². The van der Waals surface area contributed by atoms with Crippen LogP contribution < -0.4 is 10.6 Å². The second kappa shape index (κ2) is 13.2. The van der Waals surface area contributed by atoms with Gasteiger partial charge in [-0.25, -0.2) is 8.78 Å². The third kappa shape index (κ3) is 7.40. The second-order valence-electron chi connectivity index (χ2n) is 8.81. The second-order valence-corrected chi connectivity index (χ2v) is 9.22. The molecule has 2 unspecified atom stereocenters. The summed E-state index contributed by atoms with van der Waals surface area (Å²) < 4.78 is 28.4. The lowest BCUT2D eigenvalue weighted by molar-refractivity contribution is 0.0939. The fraction of sp³-hybridized carbons (Fsp3) is 0.357. The normalized spacial score (nSPS) is 14.1. The predicted molar refractivity (Wildman–Crippen MR) is 147 cm³/mol. The zero-order valence-electron chi connectivity index (χ0n) is 21.9. The summed E-state index contributed by atoms with van der Waals surface area (Å²) in [5.74, 6) is -1.96. The number of allylic oxidation sites excluding steroid dienone is 2. The zero-order valence-corrected chi connectivity index (χ0v) is 22.7. The van der Waals surface area contributed by atoms with Crippen LogP contribution in [-0.4, -0.2) is 35.8 Å². The molecule has 0 saturated carbocycles. The topological polar surface area (TPSA) is 56.7 Å². The third-order valence-corrected chi connectivity index (χ3v) is 6.17. The number of anilines is 1. The van der Waals surface area contributed by atoms with Crippen LogP contribution >= 0.6 is 11.6 Å². The summed E-state index contributed by atoms with van der Waals surface area (Å²) in [5.41, 5.74) is 2.69. The minimum Gasteiger partial charge on any atom is -0.360 e. The van der Waals surface area contributed by atoms with Gasteiger partial charge in [0.25, 0.3) is 5.91 Å². The first-order valence-electron chi connectivity index (χ1n) is 11.9. The molecule has 2 aromatic rings. The Hall–Kier alpha value is -3.19. The Morgan fingerprint density at radius 3 is 2.44 bits per heavy atom. The Labute approximate surface area is 217 Å². The Morgan fingerprint density at radius 2 is 1.83 bits per heavy atom. The number of nitrogens with zero attached hydrogens (tertiary/aromatic N) is 2. The fourth-order valence-electron chi connectivity index (χ4n) is 3.46. The van der Waals surface area contributed by atoms with Gasteiger partial charge in [0.2, 0.25) is 0 Å². The van der Waals surface area contributed by atoms with Gasteiger partial charge in [-0.3, -0.25) is 9.79 Å². The van der Waals surface area contributed by atoms with Crippen molar-refractivity contribution in [3.63, 3.8) is 0 Å². The van der Waals surface area contributed by atoms with E-state index in [1.54, 1.807) is 37.3 Å². The summed E-state index contributed by atoms with van der Waals surface area (Å²) >= 11 is 6.43. The van der Waals surface area contributed by atoms with Gasteiger partial charge in [-0.15, -0.1) is 0 Å². The van der Waals surface area contributed by atoms with Crippen LogP contribution in [0, 0.1) is 18.6 Å². The first kappa shape index (κ1) is 29.0. The van der Waals surface area contributed by atoms with Crippen molar-refractivity contribution in [2.24, 2.45) is 4.99 Å². The molecule has 0 heterocycles. The average Bonchev–Trinajstić information content (AvgIpc) is 2.84. The van der Waals surface area contributed by atoms with Crippen molar-refractivity contribution < 1.29 is 13.6 Å². The number of carbonyl (C=O) groups is 1. The highest BCUT2D eigenvalue weighted by Crippen LogP contribution is 2.24. The number of amides is 1. The first-order valence-corrected chi connectivity index (χ1v) is 12.3. The van der Waals surface area contributed by atoms with Gasteiger partial charge in [0, 0.05) is 30.5 Å². The molecule has 2 aromatic carbocycles. The third-order valence-electron chi connectivity index (χ3n) is 5.86. The van der Waals surface area contributed by atoms with Gasteiger partial charge in [-0.1, -0.05) is 36.7 Å². The molecule has 0 aromatic heterocycles. The lowest BCUT2D eigenvalue weighted by atomic mass is 10.1. The molecule has 0 spiro atoms. The number of hydrogen-bond donors (Lipinski definition) is 2. The number of nitrogens with one attached hydrogen (secondary N) is 2. The molecule has 0 bridgehead atoms. The molecule has 5 nitrogen and oxygen atoms in total. The number of rotatable bonds is 10. The Balaban J connectivity index is 2.33. The van der Waals surface area contributed by atoms with Crippen molar-refractivity contribution in [2.45, 2.75) is 60.2 Å². The van der Waals surface area contributed by atoms with Gasteiger partial charge in [0.05, 0.1) is 16.3 Å². The van der Waals surface area contributed by atoms with Crippen molar-refractivity contribution in [3.05, 3.63) is 82.2 Å². The van der Waals surface area contributed by atoms with E-state index in [1.165, 1.54) is 13.1 Å². The van der Waals surface area contributed by atoms with E-state index < -0.39 is 11.6 Å². The molecule has 1 amide bonds. The van der Waals surface area contributed by atoms with Crippen LogP contribution in [0.4, 0.5) is 14.5 Å². The van der Waals surface area contributed by atoms with Crippen LogP contribution in [0.2, 0.25) is 5.02 Å². The fourth-order valence-corrected chi connectivity index (χ4v) is 3.73. The molecule has 0 fully saturated rings. The van der Waals surface area contributed by atoms with Crippen molar-refractivity contribution in [2.75, 3.05) is 12.4 Å². The molecule has 2 atom stereocenters. The van der Waals surface area contributed by atoms with E-state index in [-0.39, 0.29) is 29.2 Å². The summed E-state index contributed by atoms with van der Waals surface area (Å²) in [6.45, 7) is 10.9. The van der Waals surface area contributed by atoms with Gasteiger partial charge >= 0.3 is 0 Å². The van der Waals surface area contributed by atoms with Crippen molar-refractivity contribution in [1.82, 2.24) is 10.2 Å². The summed E-state index contributed by atoms with van der Waals surface area (Å²) in [7, 11) is 1.89. The average molecular weight is 517 g/mol. The number of aliphatic imine (C=N–C) groups is 1. The molecule has 0 aliphatic rings. The lowest BCUT2D eigenvalue weighted by Crippen LogP contribution is -2.40. The summed E-state index contributed by atoms with van der Waals surface area (Å²) in [6.07, 6.45) is 5.75. The van der Waals surface area contributed by atoms with E-state index in [0.29, 0.717) is 27.6 Å². The van der Waals surface area contributed by atoms with Crippen LogP contribution in [0.15, 0.2) is 53.8 Å². The zero-order chi connectivity index (χ0) is 27.0. The quantitative estimate of drug-likeness (QED) is 0.260. The molecule has 8 heteroatoms. The molecule has 0 radical (unpaired) electrons. The molecular weight excluding hydrogens is 482 g/mol. The van der Waals surface area contributed by atoms with Gasteiger partial charge < -0.3 is 15.5 Å². The minimum atomic E-state index is -0.885. The highest BCUT2D eigenvalue weighted by Gasteiger charge is 2.18. The molecule has 2 N–H and O–H groups in total. The summed E-state index contributed by atoms with van der Waals surface area (Å²) in [6, 6.07) is 8.30. The first-order chi connectivity index (χ1) is 17.0. The van der Waals surface area contributed by atoms with Crippen molar-refractivity contribution >= 4 is 34.5 Å². The molecule has 2 rings (SSSR count). The van der Waals surface area contributed by atoms with Crippen LogP contribution in [-0.2, 0) is 0 Å². The summed E-state index contributed by atoms with van der Waals surface area (Å²) in [4.78, 5) is 18.9. The smallest absolute Gasteiger partial charge is 0.253 e. The van der Waals surface area contributed by atoms with E-state index in [0.717, 1.165) is 6.42 Å². The molecular formula is C28H35ClF2N4O. The molecule has 36 heavy (non-hydrogen) atoms. The predicted octanol–water partition coefficient (Wildman–Crippen LogP) is 7.18. The number of benzene rings is 2. The van der Waals surface area contributed by atoms with Gasteiger partial charge in [-0.05, 0) is 76.6 Å². The molecule has 194 valence electrons. The van der Waals surface area contributed by atoms with Crippen LogP contribution in [0.25, 0.3) is 5.57 Å². The summed E-state index contributed by atoms with van der Waals surface area (Å²) in [5, 5.41) is 6.62. The van der Waals surface area contributed by atoms with Crippen molar-refractivity contribution in [3.8, 4) is 0 Å². The molecule has 0 saturated heterocycles. The van der Waals surface area contributed by atoms with Crippen molar-refractivity contribution in [1.29, 1.82) is 0 Å². The van der Waals surface area contributed by atoms with Crippen LogP contribution in [0.3, 0.4) is 0 Å². The van der Waals surface area contributed by atoms with E-state index in [9.17, 15) is 13.6 Å². The Morgan fingerprint density at radius 1 is 1.17 bits per heavy atom. The largest absolute Gasteiger partial charge is 0.360 e. The van der Waals surface area contributed by atoms with Gasteiger partial charge in [0.15, 0.2) is 11.6 Å². The van der Waals surface area contributed by atoms with Crippen LogP contribution in [0.5, 0.6) is 0 Å². The maximum absolute atomic E-state index is 14.4. The molecule has 0 aliphatic heterocycles. The monoisotopic (exact) mass is 516 g/mol. The molecule has 0 aliphatic carbocycles.